The van der Waals surface area contributed by atoms with Gasteiger partial charge >= 0.3 is 0 Å². The molecule has 0 aliphatic rings. The Kier molecular flexibility index (Phi) is 3.62. The van der Waals surface area contributed by atoms with Crippen molar-refractivity contribution in [2.75, 3.05) is 12.4 Å². The van der Waals surface area contributed by atoms with Gasteiger partial charge in [-0.05, 0) is 30.3 Å². The van der Waals surface area contributed by atoms with Gasteiger partial charge in [-0.1, -0.05) is 23.5 Å². The van der Waals surface area contributed by atoms with E-state index in [0.29, 0.717) is 29.0 Å². The Bertz CT molecular complexity index is 1050. The Morgan fingerprint density at radius 3 is 2.88 bits per heavy atom. The molecule has 2 heterocycles. The molecule has 0 bridgehead atoms. The number of aromatic nitrogens is 3. The molecule has 4 aromatic rings. The zero-order valence-corrected chi connectivity index (χ0v) is 13.7. The molecule has 0 saturated carbocycles. The smallest absolute Gasteiger partial charge is 0.258 e. The van der Waals surface area contributed by atoms with Gasteiger partial charge in [0.25, 0.3) is 5.56 Å². The summed E-state index contributed by atoms with van der Waals surface area (Å²) in [5, 5.41) is 4.53. The van der Waals surface area contributed by atoms with Crippen molar-refractivity contribution in [3.8, 4) is 5.75 Å². The average Bonchev–Trinajstić information content (AvgIpc) is 3.03. The predicted octanol–water partition coefficient (Wildman–Crippen LogP) is 3.15. The number of H-pyrrole nitrogens is 1. The molecule has 4 rings (SSSR count). The van der Waals surface area contributed by atoms with E-state index in [9.17, 15) is 4.79 Å². The van der Waals surface area contributed by atoms with Gasteiger partial charge in [-0.3, -0.25) is 4.79 Å². The third-order valence-electron chi connectivity index (χ3n) is 3.66. The highest BCUT2D eigenvalue weighted by molar-refractivity contribution is 7.22. The molecule has 2 aromatic carbocycles. The highest BCUT2D eigenvalue weighted by atomic mass is 32.1. The molecule has 0 aliphatic heterocycles. The predicted molar refractivity (Wildman–Crippen MR) is 95.9 cm³/mol. The van der Waals surface area contributed by atoms with Gasteiger partial charge in [0.1, 0.15) is 11.6 Å². The van der Waals surface area contributed by atoms with Gasteiger partial charge in [-0.25, -0.2) is 9.97 Å². The first-order valence-electron chi connectivity index (χ1n) is 7.39. The number of thiazole rings is 1. The van der Waals surface area contributed by atoms with Gasteiger partial charge in [-0.15, -0.1) is 0 Å². The maximum absolute atomic E-state index is 12.2. The quantitative estimate of drug-likeness (QED) is 0.597. The Morgan fingerprint density at radius 2 is 2.04 bits per heavy atom. The number of hydrogen-bond donors (Lipinski definition) is 2. The van der Waals surface area contributed by atoms with Crippen LogP contribution in [-0.2, 0) is 6.54 Å². The van der Waals surface area contributed by atoms with Crippen LogP contribution in [0.4, 0.5) is 5.13 Å². The summed E-state index contributed by atoms with van der Waals surface area (Å²) in [5.74, 6) is 1.20. The van der Waals surface area contributed by atoms with E-state index < -0.39 is 0 Å². The fraction of sp³-hybridized carbons (Fsp3) is 0.118. The lowest BCUT2D eigenvalue weighted by Crippen LogP contribution is -2.14. The van der Waals surface area contributed by atoms with Crippen molar-refractivity contribution < 1.29 is 4.74 Å². The van der Waals surface area contributed by atoms with Crippen molar-refractivity contribution in [2.24, 2.45) is 0 Å². The van der Waals surface area contributed by atoms with Gasteiger partial charge < -0.3 is 15.0 Å². The first-order chi connectivity index (χ1) is 11.7. The lowest BCUT2D eigenvalue weighted by molar-refractivity contribution is 0.415. The number of rotatable bonds is 4. The van der Waals surface area contributed by atoms with Crippen LogP contribution in [0.25, 0.3) is 21.1 Å². The Hall–Kier alpha value is -2.93. The highest BCUT2D eigenvalue weighted by Crippen LogP contribution is 2.25. The van der Waals surface area contributed by atoms with Crippen LogP contribution in [0.3, 0.4) is 0 Å². The van der Waals surface area contributed by atoms with Crippen LogP contribution < -0.4 is 15.6 Å². The van der Waals surface area contributed by atoms with E-state index in [0.717, 1.165) is 15.3 Å². The summed E-state index contributed by atoms with van der Waals surface area (Å²) in [5.41, 5.74) is 1.41. The largest absolute Gasteiger partial charge is 0.497 e. The Morgan fingerprint density at radius 1 is 1.17 bits per heavy atom. The summed E-state index contributed by atoms with van der Waals surface area (Å²) in [6.07, 6.45) is 0. The van der Waals surface area contributed by atoms with Crippen molar-refractivity contribution >= 4 is 37.6 Å². The van der Waals surface area contributed by atoms with Crippen LogP contribution in [0, 0.1) is 0 Å². The van der Waals surface area contributed by atoms with E-state index >= 15 is 0 Å². The number of nitrogens with zero attached hydrogens (tertiary/aromatic N) is 2. The fourth-order valence-corrected chi connectivity index (χ4v) is 3.35. The number of fused-ring (bicyclic) bond motifs is 2. The molecule has 24 heavy (non-hydrogen) atoms. The summed E-state index contributed by atoms with van der Waals surface area (Å²) in [6, 6.07) is 13.2. The molecule has 0 amide bonds. The number of ether oxygens (including phenoxy) is 1. The molecule has 0 aliphatic carbocycles. The van der Waals surface area contributed by atoms with Crippen molar-refractivity contribution in [2.45, 2.75) is 6.54 Å². The number of anilines is 1. The van der Waals surface area contributed by atoms with Crippen molar-refractivity contribution in [1.82, 2.24) is 15.0 Å². The minimum absolute atomic E-state index is 0.181. The van der Waals surface area contributed by atoms with Crippen LogP contribution in [0.2, 0.25) is 0 Å². The lowest BCUT2D eigenvalue weighted by Gasteiger charge is -2.05. The van der Waals surface area contributed by atoms with E-state index in [1.54, 1.807) is 36.6 Å². The van der Waals surface area contributed by atoms with Gasteiger partial charge in [0.15, 0.2) is 5.13 Å². The van der Waals surface area contributed by atoms with Gasteiger partial charge in [-0.2, -0.15) is 0 Å². The molecule has 2 N–H and O–H groups in total. The van der Waals surface area contributed by atoms with E-state index in [2.05, 4.69) is 20.3 Å². The Balaban J connectivity index is 1.61. The van der Waals surface area contributed by atoms with Crippen LogP contribution in [-0.4, -0.2) is 22.1 Å². The minimum Gasteiger partial charge on any atom is -0.497 e. The molecule has 2 aromatic heterocycles. The molecule has 0 spiro atoms. The second kappa shape index (κ2) is 5.93. The monoisotopic (exact) mass is 338 g/mol. The van der Waals surface area contributed by atoms with Crippen molar-refractivity contribution in [3.63, 3.8) is 0 Å². The zero-order valence-electron chi connectivity index (χ0n) is 12.9. The normalized spacial score (nSPS) is 11.0. The highest BCUT2D eigenvalue weighted by Gasteiger charge is 2.07. The molecule has 120 valence electrons. The number of benzene rings is 2. The van der Waals surface area contributed by atoms with E-state index in [1.807, 2.05) is 24.3 Å². The summed E-state index contributed by atoms with van der Waals surface area (Å²) < 4.78 is 6.26. The van der Waals surface area contributed by atoms with Gasteiger partial charge in [0.2, 0.25) is 0 Å². The van der Waals surface area contributed by atoms with Crippen molar-refractivity contribution in [1.29, 1.82) is 0 Å². The fourth-order valence-electron chi connectivity index (χ4n) is 2.48. The number of hydrogen-bond acceptors (Lipinski definition) is 6. The molecular weight excluding hydrogens is 324 g/mol. The summed E-state index contributed by atoms with van der Waals surface area (Å²) >= 11 is 1.57. The maximum Gasteiger partial charge on any atom is 0.258 e. The minimum atomic E-state index is -0.181. The second-order valence-corrected chi connectivity index (χ2v) is 6.27. The molecule has 0 atom stereocenters. The topological polar surface area (TPSA) is 79.9 Å². The molecule has 0 radical (unpaired) electrons. The zero-order chi connectivity index (χ0) is 16.5. The molecular formula is C17H14N4O2S. The molecule has 6 nitrogen and oxygen atoms in total. The number of methoxy groups -OCH3 is 1. The molecule has 0 unspecified atom stereocenters. The third-order valence-corrected chi connectivity index (χ3v) is 4.66. The second-order valence-electron chi connectivity index (χ2n) is 5.24. The van der Waals surface area contributed by atoms with Crippen LogP contribution >= 0.6 is 11.3 Å². The number of aromatic amines is 1. The van der Waals surface area contributed by atoms with E-state index in [1.165, 1.54) is 0 Å². The maximum atomic E-state index is 12.2. The van der Waals surface area contributed by atoms with Crippen LogP contribution in [0.1, 0.15) is 5.82 Å². The summed E-state index contributed by atoms with van der Waals surface area (Å²) in [4.78, 5) is 24.0. The van der Waals surface area contributed by atoms with Gasteiger partial charge in [0, 0.05) is 0 Å². The summed E-state index contributed by atoms with van der Waals surface area (Å²) in [7, 11) is 1.57. The summed E-state index contributed by atoms with van der Waals surface area (Å²) in [6.45, 7) is 0.400. The van der Waals surface area contributed by atoms with Crippen molar-refractivity contribution in [3.05, 3.63) is 58.6 Å². The molecule has 7 heteroatoms. The first-order valence-corrected chi connectivity index (χ1v) is 8.21. The molecule has 0 saturated heterocycles. The standard InChI is InChI=1S/C17H14N4O2S/c1-23-10-6-7-12-11(8-10)16(22)21-15(19-12)9-18-17-20-13-4-2-3-5-14(13)24-17/h2-8H,9H2,1H3,(H,18,20)(H,19,21,22). The number of para-hydroxylation sites is 1. The van der Waals surface area contributed by atoms with E-state index in [-0.39, 0.29) is 5.56 Å². The average molecular weight is 338 g/mol. The van der Waals surface area contributed by atoms with E-state index in [4.69, 9.17) is 4.74 Å². The molecule has 0 fully saturated rings. The van der Waals surface area contributed by atoms with Gasteiger partial charge in [0.05, 0.1) is 34.8 Å². The Labute approximate surface area is 141 Å². The third kappa shape index (κ3) is 2.69. The first kappa shape index (κ1) is 14.6. The lowest BCUT2D eigenvalue weighted by atomic mass is 10.2. The SMILES string of the molecule is COc1ccc2nc(CNc3nc4ccccc4s3)[nH]c(=O)c2c1. The van der Waals surface area contributed by atoms with Crippen LogP contribution in [0.5, 0.6) is 5.75 Å². The van der Waals surface area contributed by atoms with Crippen LogP contribution in [0.15, 0.2) is 47.3 Å². The number of nitrogens with one attached hydrogen (secondary N) is 2.